The molecule has 0 spiro atoms. The molecule has 0 radical (unpaired) electrons. The lowest BCUT2D eigenvalue weighted by Crippen LogP contribution is -2.27. The smallest absolute Gasteiger partial charge is 0.335 e. The van der Waals surface area contributed by atoms with Crippen molar-refractivity contribution in [1.29, 1.82) is 0 Å². The summed E-state index contributed by atoms with van der Waals surface area (Å²) >= 11 is 3.00. The molecule has 0 fully saturated rings. The van der Waals surface area contributed by atoms with Crippen molar-refractivity contribution in [2.45, 2.75) is 4.90 Å². The molecule has 0 saturated carbocycles. The van der Waals surface area contributed by atoms with Crippen molar-refractivity contribution in [3.8, 4) is 0 Å². The number of rotatable bonds is 5. The zero-order valence-corrected chi connectivity index (χ0v) is 11.0. The van der Waals surface area contributed by atoms with Gasteiger partial charge in [0, 0.05) is 11.0 Å². The van der Waals surface area contributed by atoms with Crippen LogP contribution in [0.1, 0.15) is 10.4 Å². The zero-order valence-electron chi connectivity index (χ0n) is 8.55. The van der Waals surface area contributed by atoms with Gasteiger partial charge < -0.3 is 10.2 Å². The molecule has 1 rings (SSSR count). The van der Waals surface area contributed by atoms with E-state index in [9.17, 15) is 13.2 Å². The Hall–Kier alpha value is -0.960. The van der Waals surface area contributed by atoms with Crippen molar-refractivity contribution in [2.75, 3.05) is 13.2 Å². The summed E-state index contributed by atoms with van der Waals surface area (Å²) in [5.41, 5.74) is -0.0158. The van der Waals surface area contributed by atoms with Crippen LogP contribution < -0.4 is 4.72 Å². The number of carboxylic acids is 1. The highest BCUT2D eigenvalue weighted by Crippen LogP contribution is 2.23. The van der Waals surface area contributed by atoms with Gasteiger partial charge in [0.15, 0.2) is 0 Å². The van der Waals surface area contributed by atoms with Gasteiger partial charge in [-0.15, -0.1) is 0 Å². The Morgan fingerprint density at radius 3 is 2.53 bits per heavy atom. The number of carboxylic acid groups (broad SMARTS) is 1. The molecule has 3 N–H and O–H groups in total. The molecule has 0 heterocycles. The van der Waals surface area contributed by atoms with Gasteiger partial charge in [-0.1, -0.05) is 0 Å². The van der Waals surface area contributed by atoms with E-state index in [-0.39, 0.29) is 28.1 Å². The van der Waals surface area contributed by atoms with Gasteiger partial charge in [-0.05, 0) is 34.1 Å². The van der Waals surface area contributed by atoms with E-state index in [2.05, 4.69) is 20.7 Å². The molecule has 0 aliphatic rings. The van der Waals surface area contributed by atoms with E-state index < -0.39 is 16.0 Å². The number of aliphatic hydroxyl groups is 1. The van der Waals surface area contributed by atoms with Crippen LogP contribution in [0.5, 0.6) is 0 Å². The number of aromatic carboxylic acids is 1. The van der Waals surface area contributed by atoms with Crippen molar-refractivity contribution >= 4 is 31.9 Å². The molecule has 0 atom stereocenters. The Labute approximate surface area is 106 Å². The molecule has 0 saturated heterocycles. The Morgan fingerprint density at radius 2 is 2.06 bits per heavy atom. The Kier molecular flexibility index (Phi) is 4.63. The molecule has 1 aromatic rings. The Balaban J connectivity index is 3.12. The summed E-state index contributed by atoms with van der Waals surface area (Å²) in [5.74, 6) is -1.14. The van der Waals surface area contributed by atoms with Crippen LogP contribution in [0.4, 0.5) is 0 Å². The van der Waals surface area contributed by atoms with Crippen LogP contribution in [-0.4, -0.2) is 37.8 Å². The van der Waals surface area contributed by atoms with Crippen LogP contribution in [0, 0.1) is 0 Å². The maximum absolute atomic E-state index is 11.7. The number of sulfonamides is 1. The van der Waals surface area contributed by atoms with E-state index >= 15 is 0 Å². The summed E-state index contributed by atoms with van der Waals surface area (Å²) < 4.78 is 25.7. The van der Waals surface area contributed by atoms with E-state index in [1.807, 2.05) is 0 Å². The second-order valence-electron chi connectivity index (χ2n) is 3.07. The topological polar surface area (TPSA) is 104 Å². The minimum absolute atomic E-state index is 0.0158. The van der Waals surface area contributed by atoms with E-state index in [1.165, 1.54) is 18.2 Å². The van der Waals surface area contributed by atoms with Crippen molar-refractivity contribution < 1.29 is 23.4 Å². The highest BCUT2D eigenvalue weighted by molar-refractivity contribution is 9.10. The fraction of sp³-hybridized carbons (Fsp3) is 0.222. The average Bonchev–Trinajstić information content (AvgIpc) is 2.25. The summed E-state index contributed by atoms with van der Waals surface area (Å²) in [6, 6.07) is 3.59. The van der Waals surface area contributed by atoms with E-state index in [0.717, 1.165) is 0 Å². The number of aliphatic hydroxyl groups excluding tert-OH is 1. The molecule has 17 heavy (non-hydrogen) atoms. The number of benzene rings is 1. The second kappa shape index (κ2) is 5.58. The molecule has 0 aromatic heterocycles. The largest absolute Gasteiger partial charge is 0.478 e. The molecule has 0 bridgehead atoms. The highest BCUT2D eigenvalue weighted by Gasteiger charge is 2.18. The van der Waals surface area contributed by atoms with Crippen LogP contribution in [0.2, 0.25) is 0 Å². The fourth-order valence-corrected chi connectivity index (χ4v) is 3.21. The van der Waals surface area contributed by atoms with Gasteiger partial charge in [-0.25, -0.2) is 17.9 Å². The molecule has 0 amide bonds. The number of hydrogen-bond acceptors (Lipinski definition) is 4. The minimum Gasteiger partial charge on any atom is -0.478 e. The first-order valence-corrected chi connectivity index (χ1v) is 6.79. The number of halogens is 1. The predicted molar refractivity (Wildman–Crippen MR) is 63.4 cm³/mol. The Morgan fingerprint density at radius 1 is 1.41 bits per heavy atom. The molecule has 8 heteroatoms. The van der Waals surface area contributed by atoms with Crippen LogP contribution in [0.15, 0.2) is 27.6 Å². The van der Waals surface area contributed by atoms with Crippen LogP contribution >= 0.6 is 15.9 Å². The summed E-state index contributed by atoms with van der Waals surface area (Å²) in [6.07, 6.45) is 0. The quantitative estimate of drug-likeness (QED) is 0.728. The van der Waals surface area contributed by atoms with Gasteiger partial charge >= 0.3 is 5.97 Å². The fourth-order valence-electron chi connectivity index (χ4n) is 1.11. The molecule has 1 aromatic carbocycles. The van der Waals surface area contributed by atoms with Gasteiger partial charge in [0.25, 0.3) is 0 Å². The average molecular weight is 324 g/mol. The normalized spacial score (nSPS) is 11.4. The Bertz CT molecular complexity index is 528. The van der Waals surface area contributed by atoms with E-state index in [1.54, 1.807) is 0 Å². The maximum Gasteiger partial charge on any atom is 0.335 e. The highest BCUT2D eigenvalue weighted by atomic mass is 79.9. The first-order chi connectivity index (χ1) is 7.88. The third kappa shape index (κ3) is 3.50. The van der Waals surface area contributed by atoms with Gasteiger partial charge in [0.05, 0.1) is 17.1 Å². The first-order valence-electron chi connectivity index (χ1n) is 4.52. The number of hydrogen-bond donors (Lipinski definition) is 3. The first kappa shape index (κ1) is 14.1. The van der Waals surface area contributed by atoms with Gasteiger partial charge in [-0.3, -0.25) is 0 Å². The third-order valence-corrected chi connectivity index (χ3v) is 4.31. The lowest BCUT2D eigenvalue weighted by atomic mass is 10.2. The molecule has 6 nitrogen and oxygen atoms in total. The van der Waals surface area contributed by atoms with Crippen LogP contribution in [-0.2, 0) is 10.0 Å². The van der Waals surface area contributed by atoms with Gasteiger partial charge in [0.2, 0.25) is 10.0 Å². The maximum atomic E-state index is 11.7. The standard InChI is InChI=1S/C9H10BrNO5S/c10-7-5-6(9(13)14)1-2-8(7)17(15,16)11-3-4-12/h1-2,5,11-12H,3-4H2,(H,13,14). The van der Waals surface area contributed by atoms with Crippen molar-refractivity contribution in [3.05, 3.63) is 28.2 Å². The SMILES string of the molecule is O=C(O)c1ccc(S(=O)(=O)NCCO)c(Br)c1. The lowest BCUT2D eigenvalue weighted by Gasteiger charge is -2.07. The number of nitrogens with one attached hydrogen (secondary N) is 1. The molecular weight excluding hydrogens is 314 g/mol. The number of carbonyl (C=O) groups is 1. The van der Waals surface area contributed by atoms with Crippen molar-refractivity contribution in [3.63, 3.8) is 0 Å². The van der Waals surface area contributed by atoms with Crippen molar-refractivity contribution in [1.82, 2.24) is 4.72 Å². The van der Waals surface area contributed by atoms with Crippen LogP contribution in [0.25, 0.3) is 0 Å². The summed E-state index contributed by atoms with van der Waals surface area (Å²) in [5, 5.41) is 17.3. The van der Waals surface area contributed by atoms with Gasteiger partial charge in [-0.2, -0.15) is 0 Å². The molecule has 0 aliphatic carbocycles. The summed E-state index contributed by atoms with van der Waals surface area (Å²) in [6.45, 7) is -0.417. The summed E-state index contributed by atoms with van der Waals surface area (Å²) in [4.78, 5) is 10.6. The lowest BCUT2D eigenvalue weighted by molar-refractivity contribution is 0.0696. The zero-order chi connectivity index (χ0) is 13.1. The van der Waals surface area contributed by atoms with Gasteiger partial charge in [0.1, 0.15) is 0 Å². The third-order valence-electron chi connectivity index (χ3n) is 1.87. The molecule has 0 aliphatic heterocycles. The van der Waals surface area contributed by atoms with Crippen LogP contribution in [0.3, 0.4) is 0 Å². The predicted octanol–water partition coefficient (Wildman–Crippen LogP) is 0.418. The van der Waals surface area contributed by atoms with Crippen molar-refractivity contribution in [2.24, 2.45) is 0 Å². The molecular formula is C9H10BrNO5S. The van der Waals surface area contributed by atoms with E-state index in [0.29, 0.717) is 0 Å². The second-order valence-corrected chi connectivity index (χ2v) is 5.66. The minimum atomic E-state index is -3.75. The monoisotopic (exact) mass is 323 g/mol. The van der Waals surface area contributed by atoms with E-state index in [4.69, 9.17) is 10.2 Å². The summed E-state index contributed by atoms with van der Waals surface area (Å²) in [7, 11) is -3.75. The molecule has 94 valence electrons. The molecule has 0 unspecified atom stereocenters.